The van der Waals surface area contributed by atoms with Crippen molar-refractivity contribution < 1.29 is 22.7 Å². The average Bonchev–Trinajstić information content (AvgIpc) is 3.44. The Kier molecular flexibility index (Phi) is 5.18. The zero-order chi connectivity index (χ0) is 23.1. The Hall–Kier alpha value is -3.98. The molecule has 0 amide bonds. The van der Waals surface area contributed by atoms with Crippen molar-refractivity contribution in [3.63, 3.8) is 0 Å². The highest BCUT2D eigenvalue weighted by Crippen LogP contribution is 2.42. The maximum absolute atomic E-state index is 15.3. The van der Waals surface area contributed by atoms with Crippen LogP contribution in [0.2, 0.25) is 0 Å². The molecule has 0 saturated heterocycles. The van der Waals surface area contributed by atoms with Gasteiger partial charge in [-0.1, -0.05) is 36.4 Å². The lowest BCUT2D eigenvalue weighted by Crippen LogP contribution is -1.99. The second-order valence-corrected chi connectivity index (χ2v) is 7.49. The summed E-state index contributed by atoms with van der Waals surface area (Å²) in [6.45, 7) is -0.445. The van der Waals surface area contributed by atoms with Crippen molar-refractivity contribution >= 4 is 11.1 Å². The molecule has 3 aromatic carbocycles. The summed E-state index contributed by atoms with van der Waals surface area (Å²) in [7, 11) is 1.72. The second-order valence-electron chi connectivity index (χ2n) is 7.49. The predicted molar refractivity (Wildman–Crippen MR) is 116 cm³/mol. The Bertz CT molecular complexity index is 1460. The summed E-state index contributed by atoms with van der Waals surface area (Å²) >= 11 is 0. The van der Waals surface area contributed by atoms with E-state index in [1.54, 1.807) is 17.7 Å². The van der Waals surface area contributed by atoms with Crippen LogP contribution in [0.4, 0.5) is 13.2 Å². The summed E-state index contributed by atoms with van der Waals surface area (Å²) in [5, 5.41) is 17.5. The minimum absolute atomic E-state index is 0.0191. The van der Waals surface area contributed by atoms with E-state index in [9.17, 15) is 13.9 Å². The number of aromatic nitrogens is 4. The topological polar surface area (TPSA) is 77.0 Å². The summed E-state index contributed by atoms with van der Waals surface area (Å²) in [4.78, 5) is 4.32. The number of alkyl halides is 2. The number of hydrogen-bond acceptors (Lipinski definition) is 5. The number of halogens is 3. The normalized spacial score (nSPS) is 11.6. The van der Waals surface area contributed by atoms with Crippen LogP contribution in [0.15, 0.2) is 65.3 Å². The van der Waals surface area contributed by atoms with E-state index in [-0.39, 0.29) is 28.1 Å². The average molecular weight is 450 g/mol. The number of rotatable bonds is 5. The molecule has 0 spiro atoms. The fraction of sp³-hybridized carbons (Fsp3) is 0.125. The summed E-state index contributed by atoms with van der Waals surface area (Å²) in [6.07, 6.45) is -1.38. The van der Waals surface area contributed by atoms with E-state index in [0.29, 0.717) is 17.0 Å². The molecule has 0 fully saturated rings. The number of nitrogens with zero attached hydrogens (tertiary/aromatic N) is 4. The maximum atomic E-state index is 15.3. The van der Waals surface area contributed by atoms with Gasteiger partial charge >= 0.3 is 0 Å². The third-order valence-corrected chi connectivity index (χ3v) is 5.38. The highest BCUT2D eigenvalue weighted by Gasteiger charge is 2.26. The first kappa shape index (κ1) is 20.9. The third kappa shape index (κ3) is 3.56. The molecule has 0 radical (unpaired) electrons. The number of aliphatic hydroxyl groups excluding tert-OH is 1. The molecule has 166 valence electrons. The predicted octanol–water partition coefficient (Wildman–Crippen LogP) is 5.53. The Labute approximate surface area is 186 Å². The second kappa shape index (κ2) is 8.18. The molecule has 0 bridgehead atoms. The van der Waals surface area contributed by atoms with Gasteiger partial charge in [-0.2, -0.15) is 0 Å². The molecular formula is C24H17F3N4O2. The van der Waals surface area contributed by atoms with Gasteiger partial charge in [0.15, 0.2) is 11.4 Å². The number of hydrogen-bond donors (Lipinski definition) is 1. The SMILES string of the molecule is Cn1cnnc1-c1c(-c2ccccc2)ccc(F)c1-c1nc2cc(CO)cc(C(F)F)c2o1. The van der Waals surface area contributed by atoms with E-state index in [2.05, 4.69) is 15.2 Å². The zero-order valence-electron chi connectivity index (χ0n) is 17.3. The van der Waals surface area contributed by atoms with Gasteiger partial charge < -0.3 is 14.1 Å². The molecule has 1 N–H and O–H groups in total. The highest BCUT2D eigenvalue weighted by atomic mass is 19.3. The fourth-order valence-electron chi connectivity index (χ4n) is 3.87. The lowest BCUT2D eigenvalue weighted by molar-refractivity contribution is 0.151. The van der Waals surface area contributed by atoms with Crippen molar-refractivity contribution in [3.05, 3.63) is 77.9 Å². The first-order chi connectivity index (χ1) is 16.0. The van der Waals surface area contributed by atoms with Crippen molar-refractivity contribution in [3.8, 4) is 34.0 Å². The van der Waals surface area contributed by atoms with Crippen molar-refractivity contribution in [1.29, 1.82) is 0 Å². The summed E-state index contributed by atoms with van der Waals surface area (Å²) < 4.78 is 50.1. The van der Waals surface area contributed by atoms with Crippen LogP contribution in [-0.4, -0.2) is 24.9 Å². The fourth-order valence-corrected chi connectivity index (χ4v) is 3.87. The Balaban J connectivity index is 1.85. The molecule has 0 unspecified atom stereocenters. The van der Waals surface area contributed by atoms with Crippen molar-refractivity contribution in [2.75, 3.05) is 0 Å². The first-order valence-electron chi connectivity index (χ1n) is 10.0. The number of fused-ring (bicyclic) bond motifs is 1. The molecule has 0 saturated carbocycles. The van der Waals surface area contributed by atoms with Gasteiger partial charge in [-0.25, -0.2) is 18.2 Å². The van der Waals surface area contributed by atoms with Gasteiger partial charge in [0.25, 0.3) is 6.43 Å². The summed E-state index contributed by atoms with van der Waals surface area (Å²) in [5.41, 5.74) is 1.56. The molecule has 5 aromatic rings. The number of oxazole rings is 1. The molecule has 0 atom stereocenters. The quantitative estimate of drug-likeness (QED) is 0.381. The van der Waals surface area contributed by atoms with Gasteiger partial charge in [0, 0.05) is 12.6 Å². The zero-order valence-corrected chi connectivity index (χ0v) is 17.3. The molecule has 5 rings (SSSR count). The first-order valence-corrected chi connectivity index (χ1v) is 10.0. The van der Waals surface area contributed by atoms with E-state index in [1.165, 1.54) is 18.5 Å². The van der Waals surface area contributed by atoms with Gasteiger partial charge in [-0.05, 0) is 34.9 Å². The van der Waals surface area contributed by atoms with Gasteiger partial charge in [0.2, 0.25) is 5.89 Å². The van der Waals surface area contributed by atoms with E-state index in [1.807, 2.05) is 30.3 Å². The van der Waals surface area contributed by atoms with Crippen LogP contribution in [0.3, 0.4) is 0 Å². The van der Waals surface area contributed by atoms with Crippen LogP contribution in [0, 0.1) is 5.82 Å². The molecule has 9 heteroatoms. The lowest BCUT2D eigenvalue weighted by atomic mass is 9.94. The van der Waals surface area contributed by atoms with Gasteiger partial charge in [-0.15, -0.1) is 10.2 Å². The van der Waals surface area contributed by atoms with Crippen LogP contribution in [-0.2, 0) is 13.7 Å². The molecule has 0 aliphatic rings. The molecule has 0 aliphatic carbocycles. The van der Waals surface area contributed by atoms with Crippen LogP contribution < -0.4 is 0 Å². The van der Waals surface area contributed by atoms with E-state index in [4.69, 9.17) is 4.42 Å². The number of benzene rings is 3. The molecule has 0 aliphatic heterocycles. The van der Waals surface area contributed by atoms with Crippen LogP contribution in [0.1, 0.15) is 17.6 Å². The maximum Gasteiger partial charge on any atom is 0.267 e. The van der Waals surface area contributed by atoms with E-state index >= 15 is 4.39 Å². The van der Waals surface area contributed by atoms with Crippen molar-refractivity contribution in [2.45, 2.75) is 13.0 Å². The standard InChI is InChI=1S/C24H17F3N4O2/c1-31-12-28-30-23(31)19-15(14-5-3-2-4-6-14)7-8-17(25)20(19)24-29-18-10-13(11-32)9-16(22(26)27)21(18)33-24/h2-10,12,22,32H,11H2,1H3. The molecular weight excluding hydrogens is 433 g/mol. The minimum Gasteiger partial charge on any atom is -0.435 e. The third-order valence-electron chi connectivity index (χ3n) is 5.38. The highest BCUT2D eigenvalue weighted by molar-refractivity contribution is 5.92. The summed E-state index contributed by atoms with van der Waals surface area (Å²) in [5.74, 6) is -0.466. The molecule has 2 aromatic heterocycles. The van der Waals surface area contributed by atoms with Gasteiger partial charge in [0.1, 0.15) is 17.7 Å². The smallest absolute Gasteiger partial charge is 0.267 e. The Morgan fingerprint density at radius 3 is 2.52 bits per heavy atom. The summed E-state index contributed by atoms with van der Waals surface area (Å²) in [6, 6.07) is 14.8. The van der Waals surface area contributed by atoms with E-state index in [0.717, 1.165) is 11.6 Å². The van der Waals surface area contributed by atoms with Gasteiger partial charge in [-0.3, -0.25) is 0 Å². The number of aliphatic hydroxyl groups is 1. The molecule has 2 heterocycles. The lowest BCUT2D eigenvalue weighted by Gasteiger charge is -2.14. The van der Waals surface area contributed by atoms with Crippen molar-refractivity contribution in [1.82, 2.24) is 19.7 Å². The Morgan fingerprint density at radius 1 is 1.06 bits per heavy atom. The minimum atomic E-state index is -2.86. The largest absolute Gasteiger partial charge is 0.435 e. The Morgan fingerprint density at radius 2 is 1.85 bits per heavy atom. The van der Waals surface area contributed by atoms with E-state index < -0.39 is 24.4 Å². The van der Waals surface area contributed by atoms with Crippen LogP contribution in [0.5, 0.6) is 0 Å². The van der Waals surface area contributed by atoms with Crippen LogP contribution >= 0.6 is 0 Å². The number of aryl methyl sites for hydroxylation is 1. The van der Waals surface area contributed by atoms with Crippen LogP contribution in [0.25, 0.3) is 45.1 Å². The van der Waals surface area contributed by atoms with Gasteiger partial charge in [0.05, 0.1) is 17.7 Å². The monoisotopic (exact) mass is 450 g/mol. The molecule has 33 heavy (non-hydrogen) atoms. The molecule has 6 nitrogen and oxygen atoms in total. The van der Waals surface area contributed by atoms with Crippen molar-refractivity contribution in [2.24, 2.45) is 7.05 Å².